The summed E-state index contributed by atoms with van der Waals surface area (Å²) in [4.78, 5) is 67.6. The van der Waals surface area contributed by atoms with Crippen LogP contribution in [0.5, 0.6) is 5.75 Å². The number of amides is 3. The molecule has 17 heteroatoms. The summed E-state index contributed by atoms with van der Waals surface area (Å²) in [7, 11) is -4.47. The second kappa shape index (κ2) is 19.2. The van der Waals surface area contributed by atoms with Crippen molar-refractivity contribution in [2.75, 3.05) is 39.5 Å². The van der Waals surface area contributed by atoms with Crippen LogP contribution in [0.2, 0.25) is 0 Å². The van der Waals surface area contributed by atoms with Crippen molar-refractivity contribution in [1.82, 2.24) is 30.1 Å². The predicted molar refractivity (Wildman–Crippen MR) is 244 cm³/mol. The molecule has 6 heterocycles. The smallest absolute Gasteiger partial charge is 0.355 e. The maximum Gasteiger partial charge on any atom is 0.355 e. The van der Waals surface area contributed by atoms with Gasteiger partial charge in [0, 0.05) is 60.3 Å². The number of thiophene rings is 1. The average Bonchev–Trinajstić information content (AvgIpc) is 3.60. The lowest BCUT2D eigenvalue weighted by Gasteiger charge is -2.42. The highest BCUT2D eigenvalue weighted by Crippen LogP contribution is 2.58. The quantitative estimate of drug-likeness (QED) is 0.0962. The lowest BCUT2D eigenvalue weighted by molar-refractivity contribution is -0.148. The first-order valence-electron chi connectivity index (χ1n) is 23.1. The number of nitrogens with zero attached hydrogens (tertiary/aromatic N) is 4. The Morgan fingerprint density at radius 2 is 1.80 bits per heavy atom. The first kappa shape index (κ1) is 45.4. The monoisotopic (exact) mass is 928 g/mol. The minimum Gasteiger partial charge on any atom is -0.465 e. The fraction of sp³-hybridized carbons (Fsp3) is 0.521. The van der Waals surface area contributed by atoms with Crippen LogP contribution in [-0.2, 0) is 28.4 Å². The molecular formula is C48H58FN6O8PS. The molecular weight excluding hydrogens is 871 g/mol. The van der Waals surface area contributed by atoms with Gasteiger partial charge in [0.2, 0.25) is 17.7 Å². The summed E-state index contributed by atoms with van der Waals surface area (Å²) in [5, 5.41) is 6.23. The Hall–Kier alpha value is -4.73. The SMILES string of the molecule is CCCOC(=O)[C@H](C)NP(=O)(Oc1ccccc1)[C@@H](F)c1ccc2sc(C(=O)N[C@H]3CC[C@H](N4CCOCC4)C[C@H]4CC[C@@H](C(=O)N5C[C@@H](c6cccnc6)CC56CC6)N4C3=O)cc2c1. The van der Waals surface area contributed by atoms with E-state index in [0.29, 0.717) is 66.8 Å². The van der Waals surface area contributed by atoms with Gasteiger partial charge < -0.3 is 29.1 Å². The number of likely N-dealkylation sites (tertiary alicyclic amines) is 1. The van der Waals surface area contributed by atoms with Gasteiger partial charge in [-0.2, -0.15) is 0 Å². The molecule has 9 rings (SSSR count). The van der Waals surface area contributed by atoms with Gasteiger partial charge in [0.1, 0.15) is 23.9 Å². The maximum absolute atomic E-state index is 16.7. The fourth-order valence-corrected chi connectivity index (χ4v) is 13.2. The Labute approximate surface area is 383 Å². The molecule has 14 nitrogen and oxygen atoms in total. The third-order valence-electron chi connectivity index (χ3n) is 13.9. The van der Waals surface area contributed by atoms with E-state index in [9.17, 15) is 23.7 Å². The number of rotatable bonds is 14. The Morgan fingerprint density at radius 1 is 1.02 bits per heavy atom. The molecule has 346 valence electrons. The van der Waals surface area contributed by atoms with Gasteiger partial charge in [-0.3, -0.25) is 33.6 Å². The molecule has 8 atom stereocenters. The molecule has 1 unspecified atom stereocenters. The number of halogens is 1. The van der Waals surface area contributed by atoms with Crippen LogP contribution in [0.15, 0.2) is 79.1 Å². The summed E-state index contributed by atoms with van der Waals surface area (Å²) in [6.07, 6.45) is 10.2. The summed E-state index contributed by atoms with van der Waals surface area (Å²) >= 11 is 1.20. The van der Waals surface area contributed by atoms with E-state index in [1.807, 2.05) is 24.1 Å². The number of aromatic nitrogens is 1. The molecule has 4 aliphatic heterocycles. The highest BCUT2D eigenvalue weighted by molar-refractivity contribution is 7.57. The molecule has 2 aromatic carbocycles. The molecule has 2 aromatic heterocycles. The standard InChI is InChI=1S/C48H58FN6O8PS/c1-3-22-62-47(59)31(2)52-64(60,63-38-9-5-4-6-10-38)43(49)32-11-16-41-34(25-32)26-42(65-41)44(56)51-39-14-12-36(53-20-23-61-24-21-53)27-37-13-15-40(55(37)45(39)57)46(58)54-30-35(28-48(54)17-18-48)33-8-7-19-50-29-33/h4-11,16,19,25-26,29,31,35-37,39-40,43H,3,12-15,17-18,20-24,27-28,30H2,1-2H3,(H,51,56)(H,52,60)/t31-,35-,36-,37+,39-,40-,43+,64?/m0/s1. The highest BCUT2D eigenvalue weighted by Gasteiger charge is 2.59. The average molecular weight is 929 g/mol. The normalized spacial score (nSPS) is 26.1. The number of esters is 1. The van der Waals surface area contributed by atoms with E-state index in [4.69, 9.17) is 14.0 Å². The highest BCUT2D eigenvalue weighted by atomic mass is 32.1. The van der Waals surface area contributed by atoms with Crippen LogP contribution >= 0.6 is 18.9 Å². The van der Waals surface area contributed by atoms with E-state index < -0.39 is 43.4 Å². The number of fused-ring (bicyclic) bond motifs is 2. The maximum atomic E-state index is 16.7. The Kier molecular flexibility index (Phi) is 13.4. The van der Waals surface area contributed by atoms with Gasteiger partial charge in [-0.25, -0.2) is 9.48 Å². The number of carbonyl (C=O) groups is 4. The molecule has 2 N–H and O–H groups in total. The second-order valence-electron chi connectivity index (χ2n) is 18.3. The number of morpholine rings is 1. The van der Waals surface area contributed by atoms with Crippen LogP contribution < -0.4 is 14.9 Å². The molecule has 65 heavy (non-hydrogen) atoms. The first-order chi connectivity index (χ1) is 31.4. The first-order valence-corrected chi connectivity index (χ1v) is 25.6. The largest absolute Gasteiger partial charge is 0.465 e. The topological polar surface area (TPSA) is 160 Å². The lowest BCUT2D eigenvalue weighted by Crippen LogP contribution is -2.59. The molecule has 4 saturated heterocycles. The van der Waals surface area contributed by atoms with Crippen molar-refractivity contribution in [2.45, 2.75) is 119 Å². The van der Waals surface area contributed by atoms with Crippen molar-refractivity contribution in [3.63, 3.8) is 0 Å². The zero-order chi connectivity index (χ0) is 45.3. The number of carbonyl (C=O) groups excluding carboxylic acids is 4. The van der Waals surface area contributed by atoms with E-state index in [1.165, 1.54) is 30.4 Å². The van der Waals surface area contributed by atoms with E-state index in [2.05, 4.69) is 31.3 Å². The van der Waals surface area contributed by atoms with E-state index in [0.717, 1.165) is 44.3 Å². The summed E-state index contributed by atoms with van der Waals surface area (Å²) in [5.41, 5.74) is 0.974. The number of para-hydroxylation sites is 1. The van der Waals surface area contributed by atoms with Crippen LogP contribution in [-0.4, -0.2) is 119 Å². The number of pyridine rings is 1. The Morgan fingerprint density at radius 3 is 2.54 bits per heavy atom. The van der Waals surface area contributed by atoms with Gasteiger partial charge >= 0.3 is 13.5 Å². The van der Waals surface area contributed by atoms with Crippen LogP contribution in [0.25, 0.3) is 10.1 Å². The second-order valence-corrected chi connectivity index (χ2v) is 21.4. The number of ether oxygens (including phenoxy) is 2. The van der Waals surface area contributed by atoms with Crippen LogP contribution in [0, 0.1) is 0 Å². The molecule has 0 bridgehead atoms. The summed E-state index contributed by atoms with van der Waals surface area (Å²) < 4.78 is 48.5. The van der Waals surface area contributed by atoms with E-state index in [1.54, 1.807) is 48.7 Å². The summed E-state index contributed by atoms with van der Waals surface area (Å²) in [6, 6.07) is 15.9. The van der Waals surface area contributed by atoms with Crippen molar-refractivity contribution in [1.29, 1.82) is 0 Å². The zero-order valence-electron chi connectivity index (χ0n) is 36.9. The summed E-state index contributed by atoms with van der Waals surface area (Å²) in [6.45, 7) is 6.90. The zero-order valence-corrected chi connectivity index (χ0v) is 38.7. The van der Waals surface area contributed by atoms with Crippen molar-refractivity contribution >= 4 is 52.6 Å². The minimum atomic E-state index is -4.47. The molecule has 1 aliphatic carbocycles. The van der Waals surface area contributed by atoms with Gasteiger partial charge in [0.25, 0.3) is 5.91 Å². The number of hydrogen-bond acceptors (Lipinski definition) is 11. The molecule has 0 radical (unpaired) electrons. The number of alkyl halides is 1. The fourth-order valence-electron chi connectivity index (χ4n) is 10.4. The molecule has 4 aromatic rings. The van der Waals surface area contributed by atoms with Gasteiger partial charge in [-0.15, -0.1) is 11.3 Å². The number of benzene rings is 2. The third kappa shape index (κ3) is 9.60. The van der Waals surface area contributed by atoms with E-state index >= 15 is 4.39 Å². The predicted octanol–water partition coefficient (Wildman–Crippen LogP) is 7.36. The number of hydrogen-bond donors (Lipinski definition) is 2. The molecule has 1 saturated carbocycles. The van der Waals surface area contributed by atoms with Gasteiger partial charge in [0.05, 0.1) is 24.7 Å². The summed E-state index contributed by atoms with van der Waals surface area (Å²) in [5.74, 6) is -3.21. The molecule has 5 aliphatic rings. The van der Waals surface area contributed by atoms with Crippen LogP contribution in [0.1, 0.15) is 104 Å². The van der Waals surface area contributed by atoms with Crippen molar-refractivity contribution < 1.29 is 42.1 Å². The van der Waals surface area contributed by atoms with Crippen molar-refractivity contribution in [3.8, 4) is 5.75 Å². The third-order valence-corrected chi connectivity index (χ3v) is 17.1. The van der Waals surface area contributed by atoms with Gasteiger partial charge in [0.15, 0.2) is 0 Å². The van der Waals surface area contributed by atoms with Crippen LogP contribution in [0.4, 0.5) is 4.39 Å². The molecule has 1 spiro atoms. The lowest BCUT2D eigenvalue weighted by atomic mass is 9.93. The van der Waals surface area contributed by atoms with Crippen molar-refractivity contribution in [3.05, 3.63) is 95.1 Å². The minimum absolute atomic E-state index is 0.00425. The molecule has 5 fully saturated rings. The van der Waals surface area contributed by atoms with E-state index in [-0.39, 0.29) is 53.3 Å². The molecule has 3 amide bonds. The van der Waals surface area contributed by atoms with Gasteiger partial charge in [-0.05, 0) is 118 Å². The van der Waals surface area contributed by atoms with Gasteiger partial charge in [-0.1, -0.05) is 37.3 Å². The van der Waals surface area contributed by atoms with Crippen LogP contribution in [0.3, 0.4) is 0 Å². The number of nitrogens with one attached hydrogen (secondary N) is 2. The Bertz CT molecular complexity index is 2420. The van der Waals surface area contributed by atoms with Crippen molar-refractivity contribution in [2.24, 2.45) is 0 Å². The Balaban J connectivity index is 0.949.